The normalized spacial score (nSPS) is 14.0. The molecule has 0 bridgehead atoms. The third kappa shape index (κ3) is 3.27. The fourth-order valence-corrected chi connectivity index (χ4v) is 2.27. The lowest BCUT2D eigenvalue weighted by atomic mass is 9.92. The van der Waals surface area contributed by atoms with E-state index in [1.807, 2.05) is 20.0 Å². The lowest BCUT2D eigenvalue weighted by Crippen LogP contribution is -2.13. The zero-order chi connectivity index (χ0) is 14.2. The van der Waals surface area contributed by atoms with Crippen molar-refractivity contribution in [1.82, 2.24) is 14.5 Å². The summed E-state index contributed by atoms with van der Waals surface area (Å²) in [6, 6.07) is 2.07. The maximum absolute atomic E-state index is 6.26. The van der Waals surface area contributed by atoms with Gasteiger partial charge in [0, 0.05) is 12.7 Å². The van der Waals surface area contributed by atoms with Crippen LogP contribution >= 0.6 is 11.6 Å². The van der Waals surface area contributed by atoms with Crippen molar-refractivity contribution in [3.05, 3.63) is 23.7 Å². The Balaban J connectivity index is 2.46. The third-order valence-electron chi connectivity index (χ3n) is 3.19. The van der Waals surface area contributed by atoms with Crippen LogP contribution in [-0.2, 0) is 6.54 Å². The first kappa shape index (κ1) is 14.3. The molecule has 3 nitrogen and oxygen atoms in total. The average Bonchev–Trinajstić information content (AvgIpc) is 2.63. The standard InChI is InChI=1S/C15H22ClN3/c1-10-8-12-14(17-9-10)19(7-6-15(3,4)5)13(18-12)11(2)16/h8-9,11H,6-7H2,1-5H3. The summed E-state index contributed by atoms with van der Waals surface area (Å²) in [4.78, 5) is 9.17. The van der Waals surface area contributed by atoms with Crippen LogP contribution < -0.4 is 0 Å². The number of pyridine rings is 1. The minimum atomic E-state index is -0.102. The summed E-state index contributed by atoms with van der Waals surface area (Å²) in [5.41, 5.74) is 3.30. The minimum absolute atomic E-state index is 0.102. The van der Waals surface area contributed by atoms with Gasteiger partial charge in [0.05, 0.1) is 5.38 Å². The number of nitrogens with zero attached hydrogens (tertiary/aromatic N) is 3. The van der Waals surface area contributed by atoms with Gasteiger partial charge in [-0.05, 0) is 37.3 Å². The van der Waals surface area contributed by atoms with Gasteiger partial charge in [-0.3, -0.25) is 0 Å². The van der Waals surface area contributed by atoms with Crippen LogP contribution in [0.15, 0.2) is 12.3 Å². The van der Waals surface area contributed by atoms with Gasteiger partial charge in [0.1, 0.15) is 11.3 Å². The number of hydrogen-bond acceptors (Lipinski definition) is 2. The topological polar surface area (TPSA) is 30.7 Å². The van der Waals surface area contributed by atoms with Gasteiger partial charge < -0.3 is 4.57 Å². The molecule has 4 heteroatoms. The highest BCUT2D eigenvalue weighted by atomic mass is 35.5. The molecule has 2 aromatic rings. The molecule has 0 radical (unpaired) electrons. The summed E-state index contributed by atoms with van der Waals surface area (Å²) in [6.45, 7) is 11.6. The van der Waals surface area contributed by atoms with Crippen molar-refractivity contribution in [2.45, 2.75) is 53.0 Å². The Bertz CT molecular complexity index is 579. The van der Waals surface area contributed by atoms with Crippen molar-refractivity contribution >= 4 is 22.8 Å². The number of aromatic nitrogens is 3. The number of fused-ring (bicyclic) bond motifs is 1. The maximum atomic E-state index is 6.26. The van der Waals surface area contributed by atoms with Gasteiger partial charge >= 0.3 is 0 Å². The largest absolute Gasteiger partial charge is 0.311 e. The molecule has 2 heterocycles. The van der Waals surface area contributed by atoms with E-state index >= 15 is 0 Å². The van der Waals surface area contributed by atoms with Crippen molar-refractivity contribution in [3.63, 3.8) is 0 Å². The van der Waals surface area contributed by atoms with Crippen molar-refractivity contribution in [1.29, 1.82) is 0 Å². The number of alkyl halides is 1. The number of rotatable bonds is 3. The molecule has 0 aliphatic carbocycles. The first-order chi connectivity index (χ1) is 8.78. The molecule has 0 amide bonds. The molecular formula is C15H22ClN3. The van der Waals surface area contributed by atoms with Gasteiger partial charge in [0.15, 0.2) is 5.65 Å². The molecule has 0 saturated carbocycles. The van der Waals surface area contributed by atoms with Crippen LogP contribution in [0.5, 0.6) is 0 Å². The summed E-state index contributed by atoms with van der Waals surface area (Å²) in [6.07, 6.45) is 2.96. The van der Waals surface area contributed by atoms with Gasteiger partial charge in [0.2, 0.25) is 0 Å². The Morgan fingerprint density at radius 2 is 2.05 bits per heavy atom. The van der Waals surface area contributed by atoms with Crippen molar-refractivity contribution < 1.29 is 0 Å². The zero-order valence-electron chi connectivity index (χ0n) is 12.4. The molecule has 19 heavy (non-hydrogen) atoms. The minimum Gasteiger partial charge on any atom is -0.311 e. The Morgan fingerprint density at radius 3 is 2.63 bits per heavy atom. The quantitative estimate of drug-likeness (QED) is 0.776. The number of imidazole rings is 1. The first-order valence-electron chi connectivity index (χ1n) is 6.75. The molecule has 0 saturated heterocycles. The smallest absolute Gasteiger partial charge is 0.160 e. The molecule has 0 aromatic carbocycles. The molecule has 104 valence electrons. The Morgan fingerprint density at radius 1 is 1.37 bits per heavy atom. The van der Waals surface area contributed by atoms with E-state index < -0.39 is 0 Å². The fraction of sp³-hybridized carbons (Fsp3) is 0.600. The highest BCUT2D eigenvalue weighted by Crippen LogP contribution is 2.27. The summed E-state index contributed by atoms with van der Waals surface area (Å²) in [5.74, 6) is 0.916. The molecule has 1 atom stereocenters. The first-order valence-corrected chi connectivity index (χ1v) is 7.18. The van der Waals surface area contributed by atoms with Crippen LogP contribution in [0.2, 0.25) is 0 Å². The lowest BCUT2D eigenvalue weighted by molar-refractivity contribution is 0.349. The molecule has 0 N–H and O–H groups in total. The van der Waals surface area contributed by atoms with E-state index in [4.69, 9.17) is 11.6 Å². The van der Waals surface area contributed by atoms with Crippen molar-refractivity contribution in [3.8, 4) is 0 Å². The fourth-order valence-electron chi connectivity index (χ4n) is 2.10. The molecule has 0 spiro atoms. The van der Waals surface area contributed by atoms with E-state index in [9.17, 15) is 0 Å². The molecule has 2 rings (SSSR count). The van der Waals surface area contributed by atoms with Gasteiger partial charge in [-0.15, -0.1) is 11.6 Å². The van der Waals surface area contributed by atoms with Crippen molar-refractivity contribution in [2.24, 2.45) is 5.41 Å². The summed E-state index contributed by atoms with van der Waals surface area (Å²) >= 11 is 6.26. The Kier molecular flexibility index (Phi) is 3.86. The van der Waals surface area contributed by atoms with Gasteiger partial charge in [-0.2, -0.15) is 0 Å². The third-order valence-corrected chi connectivity index (χ3v) is 3.39. The molecule has 1 unspecified atom stereocenters. The highest BCUT2D eigenvalue weighted by Gasteiger charge is 2.18. The van der Waals surface area contributed by atoms with E-state index in [2.05, 4.69) is 41.4 Å². The molecule has 0 aliphatic heterocycles. The van der Waals surface area contributed by atoms with Crippen LogP contribution in [0.1, 0.15) is 50.9 Å². The van der Waals surface area contributed by atoms with Crippen LogP contribution in [0, 0.1) is 12.3 Å². The number of hydrogen-bond donors (Lipinski definition) is 0. The second-order valence-electron chi connectivity index (χ2n) is 6.40. The number of halogens is 1. The molecule has 2 aromatic heterocycles. The van der Waals surface area contributed by atoms with E-state index in [1.165, 1.54) is 0 Å². The van der Waals surface area contributed by atoms with E-state index in [0.717, 1.165) is 35.5 Å². The van der Waals surface area contributed by atoms with Gasteiger partial charge in [0.25, 0.3) is 0 Å². The zero-order valence-corrected chi connectivity index (χ0v) is 13.1. The van der Waals surface area contributed by atoms with E-state index in [0.29, 0.717) is 0 Å². The average molecular weight is 280 g/mol. The maximum Gasteiger partial charge on any atom is 0.160 e. The van der Waals surface area contributed by atoms with E-state index in [-0.39, 0.29) is 10.8 Å². The number of aryl methyl sites for hydroxylation is 2. The highest BCUT2D eigenvalue weighted by molar-refractivity contribution is 6.20. The molecular weight excluding hydrogens is 258 g/mol. The monoisotopic (exact) mass is 279 g/mol. The van der Waals surface area contributed by atoms with Crippen LogP contribution in [0.3, 0.4) is 0 Å². The summed E-state index contributed by atoms with van der Waals surface area (Å²) in [5, 5.41) is -0.102. The van der Waals surface area contributed by atoms with Gasteiger partial charge in [-0.1, -0.05) is 20.8 Å². The van der Waals surface area contributed by atoms with Gasteiger partial charge in [-0.25, -0.2) is 9.97 Å². The Hall–Kier alpha value is -1.09. The predicted molar refractivity (Wildman–Crippen MR) is 80.6 cm³/mol. The molecule has 0 fully saturated rings. The van der Waals surface area contributed by atoms with Crippen LogP contribution in [0.4, 0.5) is 0 Å². The summed E-state index contributed by atoms with van der Waals surface area (Å²) < 4.78 is 2.16. The molecule has 0 aliphatic rings. The van der Waals surface area contributed by atoms with Crippen LogP contribution in [-0.4, -0.2) is 14.5 Å². The lowest BCUT2D eigenvalue weighted by Gasteiger charge is -2.19. The van der Waals surface area contributed by atoms with Crippen LogP contribution in [0.25, 0.3) is 11.2 Å². The SMILES string of the molecule is Cc1cnc2c(c1)nc(C(C)Cl)n2CCC(C)(C)C. The Labute approximate surface area is 120 Å². The second-order valence-corrected chi connectivity index (χ2v) is 7.06. The second kappa shape index (κ2) is 5.12. The van der Waals surface area contributed by atoms with Crippen molar-refractivity contribution in [2.75, 3.05) is 0 Å². The predicted octanol–water partition coefficient (Wildman–Crippen LogP) is 4.48. The summed E-state index contributed by atoms with van der Waals surface area (Å²) in [7, 11) is 0. The van der Waals surface area contributed by atoms with E-state index in [1.54, 1.807) is 0 Å².